The Morgan fingerprint density at radius 3 is 1.32 bits per heavy atom. The molecule has 11 aromatic rings. The molecular formula is C95H129BCl7N25O14S. The van der Waals surface area contributed by atoms with Crippen LogP contribution in [-0.2, 0) is 70.9 Å². The molecule has 7 saturated heterocycles. The van der Waals surface area contributed by atoms with Crippen molar-refractivity contribution < 1.29 is 62.0 Å². The normalized spacial score (nSPS) is 15.6. The highest BCUT2D eigenvalue weighted by atomic mass is 35.5. The zero-order chi connectivity index (χ0) is 104. The molecule has 1 atom stereocenters. The van der Waals surface area contributed by atoms with Crippen LogP contribution in [-0.4, -0.2) is 282 Å². The lowest BCUT2D eigenvalue weighted by molar-refractivity contribution is -0.191. The average molecular weight is 2140 g/mol. The monoisotopic (exact) mass is 2130 g/mol. The Morgan fingerprint density at radius 2 is 0.937 bits per heavy atom. The van der Waals surface area contributed by atoms with Gasteiger partial charge in [0.2, 0.25) is 29.7 Å². The summed E-state index contributed by atoms with van der Waals surface area (Å²) in [5.74, 6) is 3.71. The Morgan fingerprint density at radius 1 is 0.552 bits per heavy atom. The number of nitrogen functional groups attached to an aromatic ring is 1. The molecule has 18 rings (SSSR count). The molecule has 0 aliphatic carbocycles. The quantitative estimate of drug-likeness (QED) is 0.0128. The molecule has 7 aliphatic heterocycles. The van der Waals surface area contributed by atoms with Crippen molar-refractivity contribution >= 4 is 204 Å². The van der Waals surface area contributed by atoms with Crippen molar-refractivity contribution in [3.8, 4) is 17.1 Å². The summed E-state index contributed by atoms with van der Waals surface area (Å²) in [5.41, 5.74) is 25.0. The van der Waals surface area contributed by atoms with E-state index in [1.165, 1.54) is 18.7 Å². The Labute approximate surface area is 874 Å². The van der Waals surface area contributed by atoms with Crippen LogP contribution in [0.4, 0.5) is 52.5 Å². The van der Waals surface area contributed by atoms with E-state index in [1.54, 1.807) is 42.3 Å². The Bertz CT molecular complexity index is 5820. The molecule has 7 fully saturated rings. The van der Waals surface area contributed by atoms with E-state index in [4.69, 9.17) is 160 Å². The van der Waals surface area contributed by atoms with Gasteiger partial charge in [-0.05, 0) is 165 Å². The number of aromatic nitrogens is 12. The molecule has 0 radical (unpaired) electrons. The minimum atomic E-state index is -0.315. The summed E-state index contributed by atoms with van der Waals surface area (Å²) >= 11 is 36.9. The number of fused-ring (bicyclic) bond motifs is 2. The number of aromatic hydroxyl groups is 1. The SMILES string of the molecule is C1COCCN1.CCOC(=O)C(C)CC.CSC(=N)N.Cc1c(Cl)nc(N2CCOCC2)nc1Cl.Cc1c(Cl)nc(N2CCOCC2)nc1Nc1ccc(Cl)cc1.Cc1c(Nc2ccc(Cl)cc2)nc(N2CCOCC2)nc1-c1ccc2cnn(C)c2c1.Cc1c(O)nc(N2CCOCC2)[nH]c1=O.Cl.Cn1ncc2ccc(B3OC(C)(C)C(C)(C)O3)cc21.N=C(N)N1CCOCC1.Nc1ccc(Cl)cc1.O=C=O. The highest BCUT2D eigenvalue weighted by Crippen LogP contribution is 2.38. The number of aromatic amines is 1. The molecule has 39 nitrogen and oxygen atoms in total. The smallest absolute Gasteiger partial charge is 0.493 e. The van der Waals surface area contributed by atoms with Crippen LogP contribution in [0.3, 0.4) is 0 Å². The molecule has 0 bridgehead atoms. The molecule has 0 amide bonds. The van der Waals surface area contributed by atoms with Crippen molar-refractivity contribution in [2.75, 3.05) is 207 Å². The van der Waals surface area contributed by atoms with E-state index in [-0.39, 0.29) is 76.9 Å². The largest absolute Gasteiger partial charge is 0.494 e. The zero-order valence-electron chi connectivity index (χ0n) is 82.8. The zero-order valence-corrected chi connectivity index (χ0v) is 89.0. The number of aryl methyl sites for hydroxylation is 2. The van der Waals surface area contributed by atoms with E-state index in [2.05, 4.69) is 124 Å². The van der Waals surface area contributed by atoms with Crippen molar-refractivity contribution in [1.82, 2.24) is 69.6 Å². The number of carbonyl (C=O) groups is 1. The first-order valence-corrected chi connectivity index (χ1v) is 49.4. The standard InChI is InChI=1S/C23H23ClN6O.C15H16Cl2N4O.C14H19BN2O2.C9H11Cl2N3O.C9H13N3O3.C7H14O2.C6H6ClN.C5H11N3O.C4H9NO.C2H6N2S.CO2.ClH/c1-15-21(16-3-4-17-14-25-29(2)20(17)13-16)27-23(30-9-11-31-12-10-30)28-22(15)26-19-7-5-18(24)6-8-19;1-10-13(17)19-15(21-6-8-22-9-7-21)20-14(10)18-12-4-2-11(16)3-5-12;1-13(2)14(3,4)19-15(18-13)11-7-6-10-9-16-17(5)12(10)8-11;1-6-7(10)12-9(13-8(6)11)14-2-4-15-5-3-14;1-6-7(13)10-9(11-8(6)14)12-2-4-15-5-3-12;1-4-6(3)7(8)9-5-2;7-5-1-3-6(8)4-2-5;6-5(7)8-1-3-9-4-2-8;1-3-6-4-2-5-1;1-5-2(3)4;2-1-3;/h3-8,13-14H,9-12H2,1-2H3,(H,26,27,28);2-5H,6-9H2,1H3,(H,18,19,20);6-9H,1-5H3;2-5H2,1H3;2-5H2,1H3,(H2,10,11,13,14);6H,4-5H2,1-3H3;1-4H,8H2;1-4H2,(H3,6,7);5H,1-4H2;1H3,(H3,3,4);;1H. The summed E-state index contributed by atoms with van der Waals surface area (Å²) in [5, 5.41) is 47.2. The Kier molecular flexibility index (Phi) is 50.7. The van der Waals surface area contributed by atoms with Crippen LogP contribution in [0.5, 0.6) is 5.88 Å². The number of nitrogens with zero attached hydrogens (tertiary/aromatic N) is 16. The summed E-state index contributed by atoms with van der Waals surface area (Å²) in [4.78, 5) is 82.1. The summed E-state index contributed by atoms with van der Waals surface area (Å²) in [6, 6.07) is 34.6. The third-order valence-corrected chi connectivity index (χ3v) is 25.0. The van der Waals surface area contributed by atoms with Crippen molar-refractivity contribution in [3.05, 3.63) is 185 Å². The van der Waals surface area contributed by atoms with E-state index in [9.17, 15) is 14.7 Å². The molecule has 13 heterocycles. The number of halogens is 7. The molecule has 0 saturated carbocycles. The van der Waals surface area contributed by atoms with Crippen molar-refractivity contribution in [3.63, 3.8) is 0 Å². The lowest BCUT2D eigenvalue weighted by Crippen LogP contribution is -2.44. The summed E-state index contributed by atoms with van der Waals surface area (Å²) in [7, 11) is 3.58. The molecule has 6 aromatic heterocycles. The first-order chi connectivity index (χ1) is 67.9. The van der Waals surface area contributed by atoms with Crippen LogP contribution in [0.2, 0.25) is 30.5 Å². The maximum Gasteiger partial charge on any atom is 0.494 e. The van der Waals surface area contributed by atoms with Gasteiger partial charge < -0.3 is 105 Å². The number of morpholine rings is 6. The molecule has 1 unspecified atom stereocenters. The Hall–Kier alpha value is -10.8. The summed E-state index contributed by atoms with van der Waals surface area (Å²) < 4.78 is 52.0. The molecule has 776 valence electrons. The van der Waals surface area contributed by atoms with Crippen LogP contribution in [0, 0.1) is 44.4 Å². The number of thioether (sulfide) groups is 1. The molecule has 7 aliphatic rings. The lowest BCUT2D eigenvalue weighted by Gasteiger charge is -2.32. The first-order valence-electron chi connectivity index (χ1n) is 45.9. The number of anilines is 9. The van der Waals surface area contributed by atoms with E-state index in [1.807, 2.05) is 135 Å². The number of guanidine groups is 1. The number of hydrogen-bond donors (Lipinski definition) is 10. The topological polar surface area (TPSA) is 491 Å². The fourth-order valence-corrected chi connectivity index (χ4v) is 14.2. The second-order valence-corrected chi connectivity index (χ2v) is 36.4. The number of benzene rings is 5. The van der Waals surface area contributed by atoms with Gasteiger partial charge in [-0.1, -0.05) is 119 Å². The number of carbonyl (C=O) groups excluding carboxylic acids is 3. The third kappa shape index (κ3) is 38.3. The molecule has 48 heteroatoms. The van der Waals surface area contributed by atoms with Gasteiger partial charge in [-0.25, -0.2) is 19.9 Å². The van der Waals surface area contributed by atoms with Gasteiger partial charge in [0, 0.05) is 158 Å². The highest BCUT2D eigenvalue weighted by Gasteiger charge is 2.52. The van der Waals surface area contributed by atoms with Gasteiger partial charge in [0.15, 0.2) is 11.1 Å². The number of nitrogens with one attached hydrogen (secondary N) is 6. The second-order valence-electron chi connectivity index (χ2n) is 33.2. The first kappa shape index (κ1) is 119. The number of amidine groups is 1. The van der Waals surface area contributed by atoms with Crippen LogP contribution >= 0.6 is 93.8 Å². The molecule has 143 heavy (non-hydrogen) atoms. The van der Waals surface area contributed by atoms with Gasteiger partial charge in [-0.3, -0.25) is 34.8 Å². The predicted molar refractivity (Wildman–Crippen MR) is 572 cm³/mol. The van der Waals surface area contributed by atoms with Gasteiger partial charge >= 0.3 is 19.2 Å². The fourth-order valence-electron chi connectivity index (χ4n) is 13.3. The fraction of sp³-hybridized carbons (Fsp3) is 0.453. The summed E-state index contributed by atoms with van der Waals surface area (Å²) in [6.45, 7) is 39.7. The Balaban J connectivity index is 0.000000224. The molecule has 5 aromatic carbocycles. The van der Waals surface area contributed by atoms with Crippen LogP contribution < -0.4 is 63.8 Å². The average Bonchev–Trinajstić information content (AvgIpc) is 1.54. The van der Waals surface area contributed by atoms with Crippen LogP contribution in [0.25, 0.3) is 33.1 Å². The number of esters is 1. The van der Waals surface area contributed by atoms with E-state index in [0.29, 0.717) is 141 Å². The maximum absolute atomic E-state index is 11.4. The third-order valence-electron chi connectivity index (χ3n) is 22.7. The van der Waals surface area contributed by atoms with Gasteiger partial charge in [-0.15, -0.1) is 12.4 Å². The van der Waals surface area contributed by atoms with E-state index in [0.717, 1.165) is 168 Å². The van der Waals surface area contributed by atoms with Gasteiger partial charge in [0.25, 0.3) is 5.56 Å². The van der Waals surface area contributed by atoms with Crippen molar-refractivity contribution in [2.45, 2.75) is 93.8 Å². The lowest BCUT2D eigenvalue weighted by atomic mass is 9.79. The predicted octanol–water partition coefficient (Wildman–Crippen LogP) is 14.1. The molecular weight excluding hydrogens is 2010 g/mol. The van der Waals surface area contributed by atoms with Gasteiger partial charge in [0.05, 0.1) is 138 Å². The highest BCUT2D eigenvalue weighted by molar-refractivity contribution is 8.13. The number of nitrogens with two attached hydrogens (primary N) is 3. The van der Waals surface area contributed by atoms with Crippen molar-refractivity contribution in [2.24, 2.45) is 31.5 Å². The number of ether oxygens (including phenoxy) is 7. The minimum Gasteiger partial charge on any atom is -0.493 e. The van der Waals surface area contributed by atoms with Crippen molar-refractivity contribution in [1.29, 1.82) is 10.8 Å². The maximum atomic E-state index is 11.4. The van der Waals surface area contributed by atoms with Gasteiger partial charge in [0.1, 0.15) is 27.1 Å². The number of rotatable bonds is 13. The molecule has 13 N–H and O–H groups in total. The van der Waals surface area contributed by atoms with Crippen LogP contribution in [0.15, 0.2) is 126 Å². The number of hydrogen-bond acceptors (Lipinski definition) is 34. The van der Waals surface area contributed by atoms with E-state index < -0.39 is 0 Å². The minimum absolute atomic E-state index is 0. The van der Waals surface area contributed by atoms with Gasteiger partial charge in [-0.2, -0.15) is 34.7 Å². The summed E-state index contributed by atoms with van der Waals surface area (Å²) in [6.07, 6.45) is 6.61. The number of H-pyrrole nitrogens is 1. The molecule has 0 spiro atoms. The van der Waals surface area contributed by atoms with Crippen LogP contribution in [0.1, 0.15) is 77.1 Å². The van der Waals surface area contributed by atoms with E-state index >= 15 is 0 Å². The second kappa shape index (κ2) is 60.9.